The molecule has 2 heterocycles. The molecule has 4 heteroatoms. The molecule has 3 aromatic carbocycles. The largest absolute Gasteiger partial charge is 0.456 e. The fourth-order valence-corrected chi connectivity index (χ4v) is 5.53. The molecule has 1 unspecified atom stereocenters. The lowest BCUT2D eigenvalue weighted by Crippen LogP contribution is -2.53. The highest BCUT2D eigenvalue weighted by atomic mass is 16.7. The SMILES string of the molecule is CC(CC(=O)O[C@@H]1[C@@H]2OC[C@H](CC1(Cc1ccccc1)Cc1ccccc1)O2)c1ccccc1. The monoisotopic (exact) mass is 456 g/mol. The third-order valence-corrected chi connectivity index (χ3v) is 7.16. The summed E-state index contributed by atoms with van der Waals surface area (Å²) in [7, 11) is 0. The van der Waals surface area contributed by atoms with Crippen molar-refractivity contribution in [2.45, 2.75) is 57.0 Å². The van der Waals surface area contributed by atoms with Crippen molar-refractivity contribution in [2.24, 2.45) is 5.41 Å². The fraction of sp³-hybridized carbons (Fsp3) is 0.367. The molecule has 0 radical (unpaired) electrons. The van der Waals surface area contributed by atoms with Gasteiger partial charge in [-0.2, -0.15) is 0 Å². The highest BCUT2D eigenvalue weighted by Gasteiger charge is 2.55. The van der Waals surface area contributed by atoms with E-state index in [1.165, 1.54) is 11.1 Å². The number of fused-ring (bicyclic) bond motifs is 2. The lowest BCUT2D eigenvalue weighted by atomic mass is 9.67. The average Bonchev–Trinajstić information content (AvgIpc) is 3.26. The van der Waals surface area contributed by atoms with E-state index < -0.39 is 12.4 Å². The zero-order chi connectivity index (χ0) is 23.4. The molecule has 2 bridgehead atoms. The first kappa shape index (κ1) is 22.8. The lowest BCUT2D eigenvalue weighted by Gasteiger charge is -2.46. The van der Waals surface area contributed by atoms with Crippen LogP contribution in [0.1, 0.15) is 42.4 Å². The molecule has 0 N–H and O–H groups in total. The zero-order valence-corrected chi connectivity index (χ0v) is 19.6. The first-order valence-electron chi connectivity index (χ1n) is 12.2. The summed E-state index contributed by atoms with van der Waals surface area (Å²) < 4.78 is 18.4. The quantitative estimate of drug-likeness (QED) is 0.407. The van der Waals surface area contributed by atoms with Gasteiger partial charge in [0, 0.05) is 5.41 Å². The predicted molar refractivity (Wildman–Crippen MR) is 131 cm³/mol. The number of benzene rings is 3. The Kier molecular flexibility index (Phi) is 6.80. The van der Waals surface area contributed by atoms with E-state index in [1.54, 1.807) is 0 Å². The van der Waals surface area contributed by atoms with Crippen LogP contribution in [-0.4, -0.2) is 31.1 Å². The van der Waals surface area contributed by atoms with Gasteiger partial charge in [0.25, 0.3) is 0 Å². The van der Waals surface area contributed by atoms with Gasteiger partial charge in [0.05, 0.1) is 19.1 Å². The highest BCUT2D eigenvalue weighted by molar-refractivity contribution is 5.71. The van der Waals surface area contributed by atoms with Gasteiger partial charge in [0.1, 0.15) is 0 Å². The van der Waals surface area contributed by atoms with Crippen LogP contribution in [-0.2, 0) is 31.8 Å². The van der Waals surface area contributed by atoms with Crippen LogP contribution < -0.4 is 0 Å². The first-order valence-corrected chi connectivity index (χ1v) is 12.2. The van der Waals surface area contributed by atoms with Gasteiger partial charge in [0.2, 0.25) is 0 Å². The third kappa shape index (κ3) is 5.08. The second kappa shape index (κ2) is 10.1. The van der Waals surface area contributed by atoms with E-state index >= 15 is 0 Å². The minimum atomic E-state index is -0.526. The minimum Gasteiger partial charge on any atom is -0.456 e. The fourth-order valence-electron chi connectivity index (χ4n) is 5.53. The van der Waals surface area contributed by atoms with E-state index in [9.17, 15) is 4.79 Å². The van der Waals surface area contributed by atoms with Gasteiger partial charge in [-0.25, -0.2) is 0 Å². The summed E-state index contributed by atoms with van der Waals surface area (Å²) in [6.07, 6.45) is 1.74. The van der Waals surface area contributed by atoms with Crippen LogP contribution in [0.3, 0.4) is 0 Å². The van der Waals surface area contributed by atoms with Gasteiger partial charge in [0.15, 0.2) is 12.4 Å². The van der Waals surface area contributed by atoms with E-state index in [-0.39, 0.29) is 23.4 Å². The molecule has 3 aromatic rings. The summed E-state index contributed by atoms with van der Waals surface area (Å²) in [6.45, 7) is 2.61. The average molecular weight is 457 g/mol. The van der Waals surface area contributed by atoms with Gasteiger partial charge >= 0.3 is 5.97 Å². The summed E-state index contributed by atoms with van der Waals surface area (Å²) in [5.74, 6) is -0.127. The van der Waals surface area contributed by atoms with Crippen molar-refractivity contribution in [3.05, 3.63) is 108 Å². The Morgan fingerprint density at radius 2 is 1.47 bits per heavy atom. The molecule has 0 aliphatic carbocycles. The third-order valence-electron chi connectivity index (χ3n) is 7.16. The number of esters is 1. The Morgan fingerprint density at radius 3 is 2.06 bits per heavy atom. The van der Waals surface area contributed by atoms with Crippen molar-refractivity contribution >= 4 is 5.97 Å². The summed E-state index contributed by atoms with van der Waals surface area (Å²) in [4.78, 5) is 13.2. The molecule has 0 saturated carbocycles. The van der Waals surface area contributed by atoms with Gasteiger partial charge in [-0.15, -0.1) is 0 Å². The van der Waals surface area contributed by atoms with Crippen molar-refractivity contribution in [1.82, 2.24) is 0 Å². The van der Waals surface area contributed by atoms with Crippen molar-refractivity contribution in [1.29, 1.82) is 0 Å². The maximum Gasteiger partial charge on any atom is 0.306 e. The predicted octanol–water partition coefficient (Wildman–Crippen LogP) is 5.71. The number of hydrogen-bond acceptors (Lipinski definition) is 4. The first-order chi connectivity index (χ1) is 16.6. The molecule has 4 atom stereocenters. The van der Waals surface area contributed by atoms with E-state index in [1.807, 2.05) is 30.3 Å². The Bertz CT molecular complexity index is 1030. The van der Waals surface area contributed by atoms with Crippen molar-refractivity contribution in [3.8, 4) is 0 Å². The van der Waals surface area contributed by atoms with E-state index in [0.717, 1.165) is 24.8 Å². The minimum absolute atomic E-state index is 0.0237. The van der Waals surface area contributed by atoms with Crippen molar-refractivity contribution in [3.63, 3.8) is 0 Å². The molecule has 0 spiro atoms. The van der Waals surface area contributed by atoms with Crippen LogP contribution in [0.15, 0.2) is 91.0 Å². The molecule has 176 valence electrons. The molecule has 5 rings (SSSR count). The molecule has 2 fully saturated rings. The summed E-state index contributed by atoms with van der Waals surface area (Å²) in [5, 5.41) is 0. The normalized spacial score (nSPS) is 23.9. The van der Waals surface area contributed by atoms with Gasteiger partial charge in [-0.1, -0.05) is 97.9 Å². The molecule has 0 aromatic heterocycles. The van der Waals surface area contributed by atoms with E-state index in [4.69, 9.17) is 14.2 Å². The Balaban J connectivity index is 1.43. The summed E-state index contributed by atoms with van der Waals surface area (Å²) in [6, 6.07) is 31.1. The van der Waals surface area contributed by atoms with Gasteiger partial charge in [-0.3, -0.25) is 4.79 Å². The van der Waals surface area contributed by atoms with Crippen molar-refractivity contribution in [2.75, 3.05) is 6.61 Å². The van der Waals surface area contributed by atoms with Crippen LogP contribution in [0.2, 0.25) is 0 Å². The Labute approximate surface area is 201 Å². The Morgan fingerprint density at radius 1 is 0.912 bits per heavy atom. The zero-order valence-electron chi connectivity index (χ0n) is 19.6. The molecular weight excluding hydrogens is 424 g/mol. The van der Waals surface area contributed by atoms with Crippen LogP contribution in [0.5, 0.6) is 0 Å². The molecule has 0 amide bonds. The molecular formula is C30H32O4. The standard InChI is InChI=1S/C30H32O4/c1-22(25-15-9-4-10-16-25)17-27(31)34-28-29-32-21-26(33-29)20-30(28,18-23-11-5-2-6-12-23)19-24-13-7-3-8-14-24/h2-16,22,26,28-29H,17-21H2,1H3/t22?,26-,28+,29+/m0/s1. The highest BCUT2D eigenvalue weighted by Crippen LogP contribution is 2.47. The van der Waals surface area contributed by atoms with Crippen LogP contribution in [0, 0.1) is 5.41 Å². The summed E-state index contributed by atoms with van der Waals surface area (Å²) in [5.41, 5.74) is 3.30. The smallest absolute Gasteiger partial charge is 0.306 e. The maximum atomic E-state index is 13.2. The maximum absolute atomic E-state index is 13.2. The summed E-state index contributed by atoms with van der Waals surface area (Å²) >= 11 is 0. The lowest BCUT2D eigenvalue weighted by molar-refractivity contribution is -0.224. The van der Waals surface area contributed by atoms with Crippen LogP contribution >= 0.6 is 0 Å². The van der Waals surface area contributed by atoms with Crippen LogP contribution in [0.25, 0.3) is 0 Å². The topological polar surface area (TPSA) is 44.8 Å². The van der Waals surface area contributed by atoms with Crippen molar-refractivity contribution < 1.29 is 19.0 Å². The second-order valence-electron chi connectivity index (χ2n) is 9.78. The number of rotatable bonds is 8. The molecule has 2 aliphatic rings. The van der Waals surface area contributed by atoms with Crippen LogP contribution in [0.4, 0.5) is 0 Å². The van der Waals surface area contributed by atoms with E-state index in [0.29, 0.717) is 13.0 Å². The number of ether oxygens (including phenoxy) is 3. The second-order valence-corrected chi connectivity index (χ2v) is 9.78. The Hall–Kier alpha value is -2.95. The molecule has 2 saturated heterocycles. The number of hydrogen-bond donors (Lipinski definition) is 0. The molecule has 2 aliphatic heterocycles. The van der Waals surface area contributed by atoms with Gasteiger partial charge in [-0.05, 0) is 41.9 Å². The number of carbonyl (C=O) groups excluding carboxylic acids is 1. The molecule has 4 nitrogen and oxygen atoms in total. The van der Waals surface area contributed by atoms with Gasteiger partial charge < -0.3 is 14.2 Å². The van der Waals surface area contributed by atoms with E-state index in [2.05, 4.69) is 67.6 Å². The molecule has 34 heavy (non-hydrogen) atoms. The number of carbonyl (C=O) groups is 1.